The predicted octanol–water partition coefficient (Wildman–Crippen LogP) is 3.27. The van der Waals surface area contributed by atoms with Crippen LogP contribution in [-0.4, -0.2) is 4.98 Å². The Morgan fingerprint density at radius 2 is 1.00 bits per heavy atom. The topological polar surface area (TPSA) is 67.8 Å². The Hall–Kier alpha value is -2.36. The van der Waals surface area contributed by atoms with Crippen molar-refractivity contribution in [2.24, 2.45) is 11.5 Å². The molecule has 3 heteroatoms. The second-order valence-corrected chi connectivity index (χ2v) is 5.08. The lowest BCUT2D eigenvalue weighted by atomic mass is 9.97. The van der Waals surface area contributed by atoms with Crippen LogP contribution in [0.25, 0.3) is 22.3 Å². The summed E-state index contributed by atoms with van der Waals surface area (Å²) in [7, 11) is 0. The number of hydrogen-bond acceptors (Lipinski definition) is 2. The number of hydrogen-bond donors (Lipinski definition) is 3. The lowest BCUT2D eigenvalue weighted by Gasteiger charge is -2.06. The molecule has 0 spiro atoms. The van der Waals surface area contributed by atoms with Gasteiger partial charge in [-0.3, -0.25) is 0 Å². The van der Waals surface area contributed by atoms with Crippen molar-refractivity contribution in [3.05, 3.63) is 72.1 Å². The maximum atomic E-state index is 5.65. The van der Waals surface area contributed by atoms with Crippen LogP contribution in [0.5, 0.6) is 0 Å². The first-order chi connectivity index (χ1) is 10.3. The molecular weight excluding hydrogens is 258 g/mol. The number of H-pyrrole nitrogens is 1. The van der Waals surface area contributed by atoms with Crippen LogP contribution >= 0.6 is 0 Å². The number of aromatic amines is 1. The lowest BCUT2D eigenvalue weighted by molar-refractivity contribution is 1.07. The van der Waals surface area contributed by atoms with Crippen LogP contribution < -0.4 is 11.5 Å². The quantitative estimate of drug-likeness (QED) is 0.685. The molecule has 0 amide bonds. The van der Waals surface area contributed by atoms with E-state index in [2.05, 4.69) is 53.5 Å². The molecule has 1 aromatic heterocycles. The summed E-state index contributed by atoms with van der Waals surface area (Å²) in [5.74, 6) is 0. The third-order valence-corrected chi connectivity index (χ3v) is 3.75. The van der Waals surface area contributed by atoms with E-state index in [0.717, 1.165) is 11.1 Å². The lowest BCUT2D eigenvalue weighted by Crippen LogP contribution is -1.95. The van der Waals surface area contributed by atoms with Gasteiger partial charge in [-0.25, -0.2) is 0 Å². The maximum Gasteiger partial charge on any atom is 0.0178 e. The van der Waals surface area contributed by atoms with Gasteiger partial charge in [-0.05, 0) is 22.3 Å². The van der Waals surface area contributed by atoms with Crippen molar-refractivity contribution in [1.29, 1.82) is 0 Å². The monoisotopic (exact) mass is 277 g/mol. The fourth-order valence-electron chi connectivity index (χ4n) is 2.48. The number of rotatable bonds is 4. The van der Waals surface area contributed by atoms with Gasteiger partial charge in [0.1, 0.15) is 0 Å². The van der Waals surface area contributed by atoms with Crippen molar-refractivity contribution in [1.82, 2.24) is 4.98 Å². The Balaban J connectivity index is 1.99. The van der Waals surface area contributed by atoms with Gasteiger partial charge in [0.15, 0.2) is 0 Å². The van der Waals surface area contributed by atoms with E-state index in [1.165, 1.54) is 22.3 Å². The number of benzene rings is 2. The first-order valence-electron chi connectivity index (χ1n) is 7.07. The molecule has 0 bridgehead atoms. The maximum absolute atomic E-state index is 5.65. The first-order valence-corrected chi connectivity index (χ1v) is 7.07. The fourth-order valence-corrected chi connectivity index (χ4v) is 2.48. The molecule has 0 fully saturated rings. The van der Waals surface area contributed by atoms with Crippen molar-refractivity contribution in [2.75, 3.05) is 0 Å². The van der Waals surface area contributed by atoms with Crippen molar-refractivity contribution < 1.29 is 0 Å². The van der Waals surface area contributed by atoms with Crippen LogP contribution in [-0.2, 0) is 13.1 Å². The standard InChI is InChI=1S/C18H19N3/c19-9-13-1-5-15(6-2-13)17-11-21-12-18(17)16-7-3-14(10-20)4-8-16/h1-8,11-12,21H,9-10,19-20H2. The Kier molecular flexibility index (Phi) is 3.86. The highest BCUT2D eigenvalue weighted by atomic mass is 14.6. The van der Waals surface area contributed by atoms with Crippen molar-refractivity contribution in [3.63, 3.8) is 0 Å². The summed E-state index contributed by atoms with van der Waals surface area (Å²) in [6.07, 6.45) is 4.06. The number of aromatic nitrogens is 1. The second kappa shape index (κ2) is 5.95. The van der Waals surface area contributed by atoms with E-state index in [9.17, 15) is 0 Å². The zero-order valence-corrected chi connectivity index (χ0v) is 11.8. The average Bonchev–Trinajstić information content (AvgIpc) is 3.04. The minimum atomic E-state index is 0.570. The van der Waals surface area contributed by atoms with Gasteiger partial charge >= 0.3 is 0 Å². The van der Waals surface area contributed by atoms with Crippen molar-refractivity contribution in [3.8, 4) is 22.3 Å². The smallest absolute Gasteiger partial charge is 0.0178 e. The summed E-state index contributed by atoms with van der Waals surface area (Å²) in [5.41, 5.74) is 18.3. The van der Waals surface area contributed by atoms with Crippen molar-refractivity contribution >= 4 is 0 Å². The normalized spacial score (nSPS) is 10.8. The van der Waals surface area contributed by atoms with Crippen LogP contribution in [0.15, 0.2) is 60.9 Å². The summed E-state index contributed by atoms with van der Waals surface area (Å²) < 4.78 is 0. The molecule has 0 saturated carbocycles. The van der Waals surface area contributed by atoms with Crippen LogP contribution in [0.4, 0.5) is 0 Å². The average molecular weight is 277 g/mol. The molecule has 2 aromatic carbocycles. The third kappa shape index (κ3) is 2.75. The van der Waals surface area contributed by atoms with E-state index in [4.69, 9.17) is 11.5 Å². The van der Waals surface area contributed by atoms with Crippen LogP contribution in [0.3, 0.4) is 0 Å². The molecule has 5 N–H and O–H groups in total. The van der Waals surface area contributed by atoms with Crippen LogP contribution in [0, 0.1) is 0 Å². The molecule has 106 valence electrons. The van der Waals surface area contributed by atoms with Gasteiger partial charge in [0.25, 0.3) is 0 Å². The highest BCUT2D eigenvalue weighted by molar-refractivity contribution is 5.83. The molecule has 3 aromatic rings. The highest BCUT2D eigenvalue weighted by Crippen LogP contribution is 2.32. The van der Waals surface area contributed by atoms with E-state index < -0.39 is 0 Å². The Bertz CT molecular complexity index is 647. The Morgan fingerprint density at radius 1 is 0.619 bits per heavy atom. The van der Waals surface area contributed by atoms with E-state index in [0.29, 0.717) is 13.1 Å². The SMILES string of the molecule is NCc1ccc(-c2c[nH]cc2-c2ccc(CN)cc2)cc1. The van der Waals surface area contributed by atoms with Gasteiger partial charge in [-0.15, -0.1) is 0 Å². The predicted molar refractivity (Wildman–Crippen MR) is 87.4 cm³/mol. The molecule has 0 unspecified atom stereocenters. The summed E-state index contributed by atoms with van der Waals surface area (Å²) in [4.78, 5) is 3.20. The highest BCUT2D eigenvalue weighted by Gasteiger charge is 2.08. The number of nitrogens with one attached hydrogen (secondary N) is 1. The summed E-state index contributed by atoms with van der Waals surface area (Å²) >= 11 is 0. The van der Waals surface area contributed by atoms with E-state index in [-0.39, 0.29) is 0 Å². The van der Waals surface area contributed by atoms with Gasteiger partial charge in [-0.2, -0.15) is 0 Å². The summed E-state index contributed by atoms with van der Waals surface area (Å²) in [5, 5.41) is 0. The zero-order valence-electron chi connectivity index (χ0n) is 11.8. The molecule has 0 aliphatic heterocycles. The summed E-state index contributed by atoms with van der Waals surface area (Å²) in [6, 6.07) is 16.7. The second-order valence-electron chi connectivity index (χ2n) is 5.08. The molecule has 1 heterocycles. The molecule has 0 atom stereocenters. The minimum Gasteiger partial charge on any atom is -0.366 e. The third-order valence-electron chi connectivity index (χ3n) is 3.75. The first kappa shape index (κ1) is 13.6. The van der Waals surface area contributed by atoms with Gasteiger partial charge in [0.2, 0.25) is 0 Å². The Labute approximate surface area is 124 Å². The van der Waals surface area contributed by atoms with Gasteiger partial charge in [-0.1, -0.05) is 48.5 Å². The summed E-state index contributed by atoms with van der Waals surface area (Å²) in [6.45, 7) is 1.14. The van der Waals surface area contributed by atoms with E-state index in [1.807, 2.05) is 12.4 Å². The molecule has 0 saturated heterocycles. The largest absolute Gasteiger partial charge is 0.366 e. The molecule has 0 aliphatic carbocycles. The van der Waals surface area contributed by atoms with Crippen LogP contribution in [0.2, 0.25) is 0 Å². The van der Waals surface area contributed by atoms with Gasteiger partial charge in [0, 0.05) is 36.6 Å². The molecule has 3 rings (SSSR count). The van der Waals surface area contributed by atoms with Gasteiger partial charge < -0.3 is 16.5 Å². The molecule has 3 nitrogen and oxygen atoms in total. The van der Waals surface area contributed by atoms with Crippen molar-refractivity contribution in [2.45, 2.75) is 13.1 Å². The van der Waals surface area contributed by atoms with E-state index >= 15 is 0 Å². The van der Waals surface area contributed by atoms with E-state index in [1.54, 1.807) is 0 Å². The zero-order chi connectivity index (χ0) is 14.7. The molecule has 21 heavy (non-hydrogen) atoms. The fraction of sp³-hybridized carbons (Fsp3) is 0.111. The Morgan fingerprint density at radius 3 is 1.33 bits per heavy atom. The van der Waals surface area contributed by atoms with Crippen LogP contribution in [0.1, 0.15) is 11.1 Å². The van der Waals surface area contributed by atoms with Gasteiger partial charge in [0.05, 0.1) is 0 Å². The molecule has 0 radical (unpaired) electrons. The number of nitrogens with two attached hydrogens (primary N) is 2. The molecule has 0 aliphatic rings. The minimum absolute atomic E-state index is 0.570. The molecular formula is C18H19N3.